The van der Waals surface area contributed by atoms with Crippen molar-refractivity contribution < 1.29 is 32.9 Å². The fourth-order valence-electron chi connectivity index (χ4n) is 5.00. The van der Waals surface area contributed by atoms with Crippen molar-refractivity contribution in [1.82, 2.24) is 5.32 Å². The molecule has 1 aliphatic rings. The number of nitrogens with one attached hydrogen (secondary N) is 1. The average Bonchev–Trinajstić information content (AvgIpc) is 3.03. The van der Waals surface area contributed by atoms with E-state index in [0.717, 1.165) is 11.1 Å². The van der Waals surface area contributed by atoms with Gasteiger partial charge in [-0.3, -0.25) is 14.5 Å². The third kappa shape index (κ3) is 6.72. The Morgan fingerprint density at radius 3 is 2.35 bits per heavy atom. The lowest BCUT2D eigenvalue weighted by atomic mass is 10.0. The van der Waals surface area contributed by atoms with Gasteiger partial charge in [0.25, 0.3) is 5.91 Å². The first-order valence-corrected chi connectivity index (χ1v) is 13.9. The van der Waals surface area contributed by atoms with Gasteiger partial charge in [0.05, 0.1) is 14.2 Å². The van der Waals surface area contributed by atoms with E-state index in [1.807, 2.05) is 43.3 Å². The molecule has 4 aromatic rings. The summed E-state index contributed by atoms with van der Waals surface area (Å²) in [6, 6.07) is 22.4. The van der Waals surface area contributed by atoms with Crippen molar-refractivity contribution in [3.05, 3.63) is 113 Å². The molecule has 1 aliphatic heterocycles. The van der Waals surface area contributed by atoms with E-state index >= 15 is 0 Å². The van der Waals surface area contributed by atoms with Crippen LogP contribution >= 0.6 is 0 Å². The predicted molar refractivity (Wildman–Crippen MR) is 161 cm³/mol. The zero-order valence-electron chi connectivity index (χ0n) is 24.3. The second-order valence-corrected chi connectivity index (χ2v) is 10.1. The van der Waals surface area contributed by atoms with E-state index in [-0.39, 0.29) is 6.54 Å². The van der Waals surface area contributed by atoms with Crippen molar-refractivity contribution in [1.29, 1.82) is 0 Å². The fraction of sp³-hybridized carbons (Fsp3) is 0.235. The second kappa shape index (κ2) is 13.3. The van der Waals surface area contributed by atoms with Crippen molar-refractivity contribution in [2.24, 2.45) is 0 Å². The minimum Gasteiger partial charge on any atom is -0.493 e. The maximum Gasteiger partial charge on any atom is 0.259 e. The molecule has 5 rings (SSSR count). The van der Waals surface area contributed by atoms with Crippen molar-refractivity contribution in [3.63, 3.8) is 0 Å². The van der Waals surface area contributed by atoms with Crippen molar-refractivity contribution >= 4 is 17.5 Å². The van der Waals surface area contributed by atoms with Crippen LogP contribution in [0.15, 0.2) is 84.9 Å². The number of hydrogen-bond acceptors (Lipinski definition) is 6. The monoisotopic (exact) mass is 584 g/mol. The first-order valence-electron chi connectivity index (χ1n) is 13.9. The lowest BCUT2D eigenvalue weighted by Gasteiger charge is -2.32. The largest absolute Gasteiger partial charge is 0.493 e. The molecular weight excluding hydrogens is 551 g/mol. The molecule has 0 saturated carbocycles. The normalized spacial score (nSPS) is 12.7. The number of halogens is 1. The van der Waals surface area contributed by atoms with Gasteiger partial charge in [0.2, 0.25) is 5.91 Å². The number of rotatable bonds is 10. The molecule has 1 atom stereocenters. The van der Waals surface area contributed by atoms with Crippen LogP contribution in [0.3, 0.4) is 0 Å². The van der Waals surface area contributed by atoms with Gasteiger partial charge in [-0.25, -0.2) is 4.39 Å². The van der Waals surface area contributed by atoms with Crippen LogP contribution in [0.4, 0.5) is 10.1 Å². The number of hydrogen-bond donors (Lipinski definition) is 1. The smallest absolute Gasteiger partial charge is 0.259 e. The van der Waals surface area contributed by atoms with Gasteiger partial charge in [0, 0.05) is 17.8 Å². The Bertz CT molecular complexity index is 1610. The quantitative estimate of drug-likeness (QED) is 0.259. The number of methoxy groups -OCH3 is 2. The molecule has 0 spiro atoms. The molecule has 0 fully saturated rings. The molecule has 0 aliphatic carbocycles. The Kier molecular flexibility index (Phi) is 9.10. The minimum atomic E-state index is -1.10. The van der Waals surface area contributed by atoms with Crippen LogP contribution in [-0.4, -0.2) is 45.8 Å². The summed E-state index contributed by atoms with van der Waals surface area (Å²) in [5, 5.41) is 2.99. The molecule has 4 aromatic carbocycles. The zero-order chi connectivity index (χ0) is 30.3. The first-order chi connectivity index (χ1) is 20.9. The topological polar surface area (TPSA) is 86.3 Å². The highest BCUT2D eigenvalue weighted by atomic mass is 19.1. The molecule has 222 valence electrons. The number of carbonyl (C=O) groups excluding carboxylic acids is 2. The average molecular weight is 585 g/mol. The minimum absolute atomic E-state index is 0.284. The molecule has 43 heavy (non-hydrogen) atoms. The van der Waals surface area contributed by atoms with Gasteiger partial charge in [-0.05, 0) is 84.6 Å². The molecule has 1 heterocycles. The highest BCUT2D eigenvalue weighted by molar-refractivity contribution is 6.10. The first kappa shape index (κ1) is 29.4. The molecule has 8 nitrogen and oxygen atoms in total. The molecular formula is C34H33FN2O6. The lowest BCUT2D eigenvalue weighted by molar-refractivity contribution is -0.122. The molecule has 0 saturated heterocycles. The van der Waals surface area contributed by atoms with Gasteiger partial charge in [-0.2, -0.15) is 0 Å². The number of ether oxygens (including phenoxy) is 4. The number of aryl methyl sites for hydroxylation is 1. The number of carbonyl (C=O) groups is 2. The van der Waals surface area contributed by atoms with Crippen LogP contribution in [0, 0.1) is 12.7 Å². The predicted octanol–water partition coefficient (Wildman–Crippen LogP) is 5.67. The van der Waals surface area contributed by atoms with Crippen LogP contribution in [-0.2, 0) is 11.2 Å². The third-order valence-corrected chi connectivity index (χ3v) is 7.14. The fourth-order valence-corrected chi connectivity index (χ4v) is 5.00. The summed E-state index contributed by atoms with van der Waals surface area (Å²) in [7, 11) is 3.13. The Morgan fingerprint density at radius 2 is 1.63 bits per heavy atom. The zero-order valence-corrected chi connectivity index (χ0v) is 24.3. The van der Waals surface area contributed by atoms with Gasteiger partial charge >= 0.3 is 0 Å². The molecule has 1 unspecified atom stereocenters. The van der Waals surface area contributed by atoms with Crippen LogP contribution in [0.1, 0.15) is 33.1 Å². The van der Waals surface area contributed by atoms with E-state index in [2.05, 4.69) is 5.32 Å². The Morgan fingerprint density at radius 1 is 0.884 bits per heavy atom. The summed E-state index contributed by atoms with van der Waals surface area (Å²) in [5.74, 6) is 0.916. The molecule has 1 N–H and O–H groups in total. The van der Waals surface area contributed by atoms with Crippen LogP contribution < -0.4 is 29.2 Å². The summed E-state index contributed by atoms with van der Waals surface area (Å²) >= 11 is 0. The SMILES string of the molecule is COc1ccc(CCNC(=O)C(c2ccc(F)cc2)N(C(=O)c2ccc3c(c2)OCCO3)c2cccc(C)c2)cc1OC. The van der Waals surface area contributed by atoms with Crippen molar-refractivity contribution in [2.75, 3.05) is 38.9 Å². The molecule has 0 bridgehead atoms. The van der Waals surface area contributed by atoms with Gasteiger partial charge in [-0.15, -0.1) is 0 Å². The maximum absolute atomic E-state index is 14.3. The molecule has 0 aromatic heterocycles. The van der Waals surface area contributed by atoms with Gasteiger partial charge in [0.1, 0.15) is 25.1 Å². The highest BCUT2D eigenvalue weighted by Gasteiger charge is 2.34. The van der Waals surface area contributed by atoms with E-state index in [1.165, 1.54) is 29.2 Å². The third-order valence-electron chi connectivity index (χ3n) is 7.14. The van der Waals surface area contributed by atoms with Crippen LogP contribution in [0.2, 0.25) is 0 Å². The highest BCUT2D eigenvalue weighted by Crippen LogP contribution is 2.35. The summed E-state index contributed by atoms with van der Waals surface area (Å²) in [6.45, 7) is 2.98. The van der Waals surface area contributed by atoms with Crippen LogP contribution in [0.25, 0.3) is 0 Å². The van der Waals surface area contributed by atoms with Gasteiger partial charge < -0.3 is 24.3 Å². The number of benzene rings is 4. The Labute approximate surface area is 249 Å². The Hall–Kier alpha value is -5.05. The number of nitrogens with zero attached hydrogens (tertiary/aromatic N) is 1. The number of fused-ring (bicyclic) bond motifs is 1. The summed E-state index contributed by atoms with van der Waals surface area (Å²) in [5.41, 5.74) is 3.13. The molecule has 0 radical (unpaired) electrons. The van der Waals surface area contributed by atoms with Gasteiger partial charge in [0.15, 0.2) is 23.0 Å². The van der Waals surface area contributed by atoms with E-state index < -0.39 is 23.7 Å². The van der Waals surface area contributed by atoms with E-state index in [1.54, 1.807) is 38.5 Å². The summed E-state index contributed by atoms with van der Waals surface area (Å²) in [4.78, 5) is 29.8. The van der Waals surface area contributed by atoms with Crippen LogP contribution in [0.5, 0.6) is 23.0 Å². The molecule has 9 heteroatoms. The van der Waals surface area contributed by atoms with Crippen molar-refractivity contribution in [2.45, 2.75) is 19.4 Å². The lowest BCUT2D eigenvalue weighted by Crippen LogP contribution is -2.44. The van der Waals surface area contributed by atoms with Crippen molar-refractivity contribution in [3.8, 4) is 23.0 Å². The van der Waals surface area contributed by atoms with Gasteiger partial charge in [-0.1, -0.05) is 30.3 Å². The molecule has 2 amide bonds. The maximum atomic E-state index is 14.3. The Balaban J connectivity index is 1.49. The van der Waals surface area contributed by atoms with E-state index in [9.17, 15) is 14.0 Å². The number of amides is 2. The summed E-state index contributed by atoms with van der Waals surface area (Å²) in [6.07, 6.45) is 0.503. The number of anilines is 1. The van der Waals surface area contributed by atoms with E-state index in [0.29, 0.717) is 59.4 Å². The summed E-state index contributed by atoms with van der Waals surface area (Å²) < 4.78 is 36.1. The standard InChI is InChI=1S/C34H33FN2O6/c1-22-5-4-6-27(19-22)37(34(39)25-10-14-29-31(21-25)43-18-17-42-29)32(24-8-11-26(35)12-9-24)33(38)36-16-15-23-7-13-28(40-2)30(20-23)41-3/h4-14,19-21,32H,15-18H2,1-3H3,(H,36,38). The van der Waals surface area contributed by atoms with E-state index in [4.69, 9.17) is 18.9 Å². The second-order valence-electron chi connectivity index (χ2n) is 10.1.